The third-order valence-corrected chi connectivity index (χ3v) is 5.25. The molecule has 0 unspecified atom stereocenters. The van der Waals surface area contributed by atoms with Gasteiger partial charge in [0, 0.05) is 25.2 Å². The first-order chi connectivity index (χ1) is 7.78. The maximum atomic E-state index is 12.2. The summed E-state index contributed by atoms with van der Waals surface area (Å²) in [5.41, 5.74) is 4.95. The fourth-order valence-corrected chi connectivity index (χ4v) is 3.63. The number of nitrogens with two attached hydrogens (primary N) is 1. The molecule has 5 nitrogen and oxygen atoms in total. The molecule has 0 aromatic rings. The smallest absolute Gasteiger partial charge is 0.279 e. The summed E-state index contributed by atoms with van der Waals surface area (Å²) in [4.78, 5) is 0. The Morgan fingerprint density at radius 1 is 1.29 bits per heavy atom. The minimum Gasteiger partial charge on any atom is -0.329 e. The van der Waals surface area contributed by atoms with Gasteiger partial charge in [0.2, 0.25) is 0 Å². The summed E-state index contributed by atoms with van der Waals surface area (Å²) < 4.78 is 28.5. The molecule has 0 aromatic carbocycles. The monoisotopic (exact) mass is 263 g/mol. The molecule has 0 saturated heterocycles. The van der Waals surface area contributed by atoms with Crippen LogP contribution in [0.15, 0.2) is 0 Å². The maximum Gasteiger partial charge on any atom is 0.279 e. The lowest BCUT2D eigenvalue weighted by molar-refractivity contribution is 0.278. The van der Waals surface area contributed by atoms with Crippen molar-refractivity contribution >= 4 is 10.2 Å². The molecule has 17 heavy (non-hydrogen) atoms. The molecule has 102 valence electrons. The lowest BCUT2D eigenvalue weighted by Crippen LogP contribution is -2.55. The van der Waals surface area contributed by atoms with Gasteiger partial charge in [-0.05, 0) is 26.7 Å². The predicted octanol–water partition coefficient (Wildman–Crippen LogP) is 0.823. The normalized spacial score (nSPS) is 19.8. The number of hydrogen-bond donors (Lipinski definition) is 2. The van der Waals surface area contributed by atoms with E-state index in [4.69, 9.17) is 5.73 Å². The van der Waals surface area contributed by atoms with Crippen molar-refractivity contribution in [2.45, 2.75) is 57.5 Å². The van der Waals surface area contributed by atoms with Gasteiger partial charge in [0.05, 0.1) is 0 Å². The minimum atomic E-state index is -3.43. The van der Waals surface area contributed by atoms with Gasteiger partial charge in [-0.25, -0.2) is 0 Å². The maximum absolute atomic E-state index is 12.2. The van der Waals surface area contributed by atoms with Gasteiger partial charge in [0.25, 0.3) is 10.2 Å². The first-order valence-corrected chi connectivity index (χ1v) is 7.69. The van der Waals surface area contributed by atoms with E-state index < -0.39 is 15.7 Å². The Morgan fingerprint density at radius 3 is 2.29 bits per heavy atom. The van der Waals surface area contributed by atoms with Crippen molar-refractivity contribution in [1.82, 2.24) is 9.03 Å². The zero-order chi connectivity index (χ0) is 13.1. The summed E-state index contributed by atoms with van der Waals surface area (Å²) in [6.45, 7) is 3.86. The number of rotatable bonds is 5. The molecule has 0 bridgehead atoms. The molecule has 0 spiro atoms. The Balaban J connectivity index is 2.69. The summed E-state index contributed by atoms with van der Waals surface area (Å²) >= 11 is 0. The molecule has 1 saturated carbocycles. The van der Waals surface area contributed by atoms with E-state index in [0.717, 1.165) is 25.7 Å². The van der Waals surface area contributed by atoms with Gasteiger partial charge in [-0.15, -0.1) is 0 Å². The van der Waals surface area contributed by atoms with Crippen LogP contribution in [0.5, 0.6) is 0 Å². The van der Waals surface area contributed by atoms with Crippen molar-refractivity contribution in [3.05, 3.63) is 0 Å². The summed E-state index contributed by atoms with van der Waals surface area (Å²) in [6, 6.07) is 0.134. The van der Waals surface area contributed by atoms with Crippen molar-refractivity contribution in [3.8, 4) is 0 Å². The number of hydrogen-bond acceptors (Lipinski definition) is 3. The zero-order valence-electron chi connectivity index (χ0n) is 11.1. The fraction of sp³-hybridized carbons (Fsp3) is 1.00. The molecular formula is C11H25N3O2S. The molecule has 0 aromatic heterocycles. The highest BCUT2D eigenvalue weighted by molar-refractivity contribution is 7.87. The highest BCUT2D eigenvalue weighted by Crippen LogP contribution is 2.23. The van der Waals surface area contributed by atoms with Crippen LogP contribution in [0.1, 0.15) is 46.0 Å². The van der Waals surface area contributed by atoms with Gasteiger partial charge in [0.15, 0.2) is 0 Å². The van der Waals surface area contributed by atoms with Gasteiger partial charge < -0.3 is 5.73 Å². The van der Waals surface area contributed by atoms with Crippen LogP contribution in [-0.4, -0.2) is 37.9 Å². The van der Waals surface area contributed by atoms with Crippen LogP contribution in [0.4, 0.5) is 0 Å². The van der Waals surface area contributed by atoms with E-state index in [0.29, 0.717) is 0 Å². The van der Waals surface area contributed by atoms with E-state index in [9.17, 15) is 8.42 Å². The second-order valence-corrected chi connectivity index (χ2v) is 7.23. The van der Waals surface area contributed by atoms with Gasteiger partial charge >= 0.3 is 0 Å². The van der Waals surface area contributed by atoms with E-state index >= 15 is 0 Å². The SMILES string of the molecule is CN(C1CCCCC1)S(=O)(=O)NC(C)(C)CN. The Bertz CT molecular complexity index is 335. The van der Waals surface area contributed by atoms with Crippen LogP contribution >= 0.6 is 0 Å². The van der Waals surface area contributed by atoms with Crippen molar-refractivity contribution in [1.29, 1.82) is 0 Å². The van der Waals surface area contributed by atoms with Gasteiger partial charge in [-0.1, -0.05) is 19.3 Å². The van der Waals surface area contributed by atoms with Crippen LogP contribution in [0, 0.1) is 0 Å². The molecule has 0 radical (unpaired) electrons. The molecule has 0 aliphatic heterocycles. The van der Waals surface area contributed by atoms with E-state index in [1.54, 1.807) is 20.9 Å². The molecule has 0 atom stereocenters. The highest BCUT2D eigenvalue weighted by atomic mass is 32.2. The number of nitrogens with one attached hydrogen (secondary N) is 1. The second-order valence-electron chi connectivity index (χ2n) is 5.50. The zero-order valence-corrected chi connectivity index (χ0v) is 11.9. The average Bonchev–Trinajstić information content (AvgIpc) is 2.28. The topological polar surface area (TPSA) is 75.4 Å². The summed E-state index contributed by atoms with van der Waals surface area (Å²) in [5, 5.41) is 0. The highest BCUT2D eigenvalue weighted by Gasteiger charge is 2.31. The molecule has 1 aliphatic rings. The van der Waals surface area contributed by atoms with Crippen LogP contribution in [-0.2, 0) is 10.2 Å². The summed E-state index contributed by atoms with van der Waals surface area (Å²) in [5.74, 6) is 0. The number of nitrogens with zero attached hydrogens (tertiary/aromatic N) is 1. The van der Waals surface area contributed by atoms with Gasteiger partial charge in [-0.3, -0.25) is 0 Å². The van der Waals surface area contributed by atoms with E-state index in [-0.39, 0.29) is 12.6 Å². The summed E-state index contributed by atoms with van der Waals surface area (Å²) in [6.07, 6.45) is 5.36. The first kappa shape index (κ1) is 14.9. The van der Waals surface area contributed by atoms with Crippen LogP contribution in [0.25, 0.3) is 0 Å². The Morgan fingerprint density at radius 2 is 1.82 bits per heavy atom. The van der Waals surface area contributed by atoms with Crippen LogP contribution in [0.2, 0.25) is 0 Å². The van der Waals surface area contributed by atoms with Crippen molar-refractivity contribution in [3.63, 3.8) is 0 Å². The molecule has 0 amide bonds. The van der Waals surface area contributed by atoms with E-state index in [1.807, 2.05) is 0 Å². The Kier molecular flexibility index (Phi) is 4.95. The average molecular weight is 263 g/mol. The molecular weight excluding hydrogens is 238 g/mol. The molecule has 3 N–H and O–H groups in total. The third kappa shape index (κ3) is 4.21. The first-order valence-electron chi connectivity index (χ1n) is 6.25. The molecule has 6 heteroatoms. The largest absolute Gasteiger partial charge is 0.329 e. The van der Waals surface area contributed by atoms with Gasteiger partial charge in [0.1, 0.15) is 0 Å². The van der Waals surface area contributed by atoms with Crippen molar-refractivity contribution in [2.75, 3.05) is 13.6 Å². The lowest BCUT2D eigenvalue weighted by Gasteiger charge is -2.33. The predicted molar refractivity (Wildman–Crippen MR) is 69.8 cm³/mol. The lowest BCUT2D eigenvalue weighted by atomic mass is 9.96. The van der Waals surface area contributed by atoms with E-state index in [1.165, 1.54) is 10.7 Å². The van der Waals surface area contributed by atoms with Gasteiger partial charge in [-0.2, -0.15) is 17.4 Å². The van der Waals surface area contributed by atoms with Crippen LogP contribution < -0.4 is 10.5 Å². The standard InChI is InChI=1S/C11H25N3O2S/c1-11(2,9-12)13-17(15,16)14(3)10-7-5-4-6-8-10/h10,13H,4-9,12H2,1-3H3. The van der Waals surface area contributed by atoms with Crippen molar-refractivity contribution in [2.24, 2.45) is 5.73 Å². The quantitative estimate of drug-likeness (QED) is 0.771. The Hall–Kier alpha value is -0.170. The Labute approximate surface area is 105 Å². The van der Waals surface area contributed by atoms with E-state index in [2.05, 4.69) is 4.72 Å². The molecule has 1 rings (SSSR count). The fourth-order valence-electron chi connectivity index (χ4n) is 2.10. The van der Waals surface area contributed by atoms with Crippen molar-refractivity contribution < 1.29 is 8.42 Å². The summed E-state index contributed by atoms with van der Waals surface area (Å²) in [7, 11) is -1.77. The second kappa shape index (κ2) is 5.65. The third-order valence-electron chi connectivity index (χ3n) is 3.38. The molecule has 1 aliphatic carbocycles. The minimum absolute atomic E-state index is 0.134. The van der Waals surface area contributed by atoms with Crippen LogP contribution in [0.3, 0.4) is 0 Å². The molecule has 1 fully saturated rings. The molecule has 0 heterocycles.